The van der Waals surface area contributed by atoms with E-state index in [1.807, 2.05) is 0 Å². The minimum absolute atomic E-state index is 0.197. The number of rotatable bonds is 5. The lowest BCUT2D eigenvalue weighted by Gasteiger charge is -2.20. The van der Waals surface area contributed by atoms with Crippen molar-refractivity contribution in [2.75, 3.05) is 10.6 Å². The van der Waals surface area contributed by atoms with E-state index < -0.39 is 60.7 Å². The Labute approximate surface area is 161 Å². The summed E-state index contributed by atoms with van der Waals surface area (Å²) >= 11 is 5.72. The highest BCUT2D eigenvalue weighted by Gasteiger charge is 2.38. The van der Waals surface area contributed by atoms with Crippen LogP contribution in [-0.4, -0.2) is 44.3 Å². The summed E-state index contributed by atoms with van der Waals surface area (Å²) in [5.74, 6) is -2.81. The molecule has 0 fully saturated rings. The summed E-state index contributed by atoms with van der Waals surface area (Å²) in [5.41, 5.74) is -0.442. The number of nitrogens with zero attached hydrogens (tertiary/aromatic N) is 4. The SMILES string of the molecule is [2H]c1ccc(Cl)nc1-c1nc(NC(C([2H])([2H])[2H])C(F)(F)F)nc(NC([2H])(C)C(F)(F)F)n1. The third-order valence-electron chi connectivity index (χ3n) is 2.83. The van der Waals surface area contributed by atoms with Gasteiger partial charge in [-0.3, -0.25) is 0 Å². The molecule has 27 heavy (non-hydrogen) atoms. The minimum Gasteiger partial charge on any atom is -0.343 e. The third kappa shape index (κ3) is 5.81. The van der Waals surface area contributed by atoms with Gasteiger partial charge in [0.25, 0.3) is 0 Å². The van der Waals surface area contributed by atoms with Gasteiger partial charge in [0.1, 0.15) is 22.9 Å². The topological polar surface area (TPSA) is 75.6 Å². The zero-order valence-corrected chi connectivity index (χ0v) is 13.9. The molecule has 0 aliphatic rings. The van der Waals surface area contributed by atoms with E-state index >= 15 is 0 Å². The standard InChI is InChI=1S/C14H13ClF6N6/c1-6(13(16,17)18)22-11-25-10(8-4-3-5-9(15)24-8)26-12(27-11)23-7(2)14(19,20)21/h3-7H,1-2H3,(H2,22,23,25,26,27)/i1D3,4D,7D. The second kappa shape index (κ2) is 7.71. The Balaban J connectivity index is 2.64. The summed E-state index contributed by atoms with van der Waals surface area (Å²) in [6.45, 7) is -3.25. The van der Waals surface area contributed by atoms with E-state index in [9.17, 15) is 26.3 Å². The number of halogens is 7. The molecular formula is C14H13ClF6N6. The van der Waals surface area contributed by atoms with Gasteiger partial charge in [-0.2, -0.15) is 41.3 Å². The van der Waals surface area contributed by atoms with Crippen LogP contribution in [0.3, 0.4) is 0 Å². The van der Waals surface area contributed by atoms with Crippen LogP contribution in [0.15, 0.2) is 18.2 Å². The van der Waals surface area contributed by atoms with Crippen molar-refractivity contribution in [2.45, 2.75) is 38.2 Å². The minimum atomic E-state index is -5.32. The predicted molar refractivity (Wildman–Crippen MR) is 86.3 cm³/mol. The fraction of sp³-hybridized carbons (Fsp3) is 0.429. The fourth-order valence-corrected chi connectivity index (χ4v) is 1.68. The van der Waals surface area contributed by atoms with Crippen LogP contribution in [0.25, 0.3) is 11.5 Å². The van der Waals surface area contributed by atoms with Gasteiger partial charge in [-0.1, -0.05) is 17.7 Å². The van der Waals surface area contributed by atoms with Crippen molar-refractivity contribution in [3.8, 4) is 11.5 Å². The highest BCUT2D eigenvalue weighted by molar-refractivity contribution is 6.29. The lowest BCUT2D eigenvalue weighted by molar-refractivity contribution is -0.139. The second-order valence-corrected chi connectivity index (χ2v) is 5.32. The highest BCUT2D eigenvalue weighted by atomic mass is 35.5. The summed E-state index contributed by atoms with van der Waals surface area (Å²) in [7, 11) is 0. The molecule has 6 nitrogen and oxygen atoms in total. The summed E-state index contributed by atoms with van der Waals surface area (Å²) in [5, 5.41) is 2.91. The highest BCUT2D eigenvalue weighted by Crippen LogP contribution is 2.26. The first kappa shape index (κ1) is 14.7. The van der Waals surface area contributed by atoms with Crippen molar-refractivity contribution in [3.63, 3.8) is 0 Å². The van der Waals surface area contributed by atoms with Crippen LogP contribution in [0.2, 0.25) is 5.15 Å². The molecule has 2 unspecified atom stereocenters. The van der Waals surface area contributed by atoms with Gasteiger partial charge in [0.2, 0.25) is 11.9 Å². The van der Waals surface area contributed by atoms with E-state index in [1.165, 1.54) is 11.4 Å². The van der Waals surface area contributed by atoms with Crippen molar-refractivity contribution in [3.05, 3.63) is 23.3 Å². The van der Waals surface area contributed by atoms with Crippen LogP contribution in [0.1, 0.15) is 20.6 Å². The van der Waals surface area contributed by atoms with Crippen LogP contribution in [-0.2, 0) is 0 Å². The van der Waals surface area contributed by atoms with Crippen LogP contribution in [0, 0.1) is 0 Å². The Bertz CT molecular complexity index is 970. The molecule has 0 spiro atoms. The smallest absolute Gasteiger partial charge is 0.343 e. The number of hydrogen-bond acceptors (Lipinski definition) is 6. The summed E-state index contributed by atoms with van der Waals surface area (Å²) < 4.78 is 115. The van der Waals surface area contributed by atoms with Crippen molar-refractivity contribution in [1.29, 1.82) is 0 Å². The molecule has 0 saturated heterocycles. The molecule has 2 atom stereocenters. The lowest BCUT2D eigenvalue weighted by Crippen LogP contribution is -2.35. The average molecular weight is 420 g/mol. The van der Waals surface area contributed by atoms with Gasteiger partial charge in [0.05, 0.1) is 2.74 Å². The number of pyridine rings is 1. The Morgan fingerprint density at radius 2 is 1.70 bits per heavy atom. The third-order valence-corrected chi connectivity index (χ3v) is 3.04. The lowest BCUT2D eigenvalue weighted by atomic mass is 10.3. The van der Waals surface area contributed by atoms with E-state index in [4.69, 9.17) is 18.5 Å². The maximum Gasteiger partial charge on any atom is 0.408 e. The van der Waals surface area contributed by atoms with Crippen LogP contribution in [0.5, 0.6) is 0 Å². The van der Waals surface area contributed by atoms with Crippen molar-refractivity contribution in [2.24, 2.45) is 0 Å². The first-order chi connectivity index (χ1) is 14.3. The molecule has 2 N–H and O–H groups in total. The molecule has 148 valence electrons. The quantitative estimate of drug-likeness (QED) is 0.555. The molecule has 0 aliphatic heterocycles. The van der Waals surface area contributed by atoms with Gasteiger partial charge in [-0.25, -0.2) is 4.98 Å². The van der Waals surface area contributed by atoms with Gasteiger partial charge in [0.15, 0.2) is 5.82 Å². The van der Waals surface area contributed by atoms with Crippen LogP contribution in [0.4, 0.5) is 38.2 Å². The normalized spacial score (nSPS) is 18.9. The maximum absolute atomic E-state index is 13.2. The Morgan fingerprint density at radius 3 is 2.26 bits per heavy atom. The molecule has 0 aliphatic carbocycles. The zero-order chi connectivity index (χ0) is 24.7. The number of nitrogens with one attached hydrogen (secondary N) is 2. The molecule has 0 aromatic carbocycles. The van der Waals surface area contributed by atoms with Gasteiger partial charge < -0.3 is 10.6 Å². The summed E-state index contributed by atoms with van der Waals surface area (Å²) in [6, 6.07) is -4.68. The predicted octanol–water partition coefficient (Wildman–Crippen LogP) is 4.31. The van der Waals surface area contributed by atoms with Crippen molar-refractivity contribution in [1.82, 2.24) is 19.9 Å². The first-order valence-corrected chi connectivity index (χ1v) is 7.27. The monoisotopic (exact) mass is 419 g/mol. The number of alkyl halides is 6. The molecule has 0 amide bonds. The summed E-state index contributed by atoms with van der Waals surface area (Å²) in [4.78, 5) is 14.2. The molecule has 2 rings (SSSR count). The van der Waals surface area contributed by atoms with E-state index in [0.717, 1.165) is 6.07 Å². The molecule has 0 radical (unpaired) electrons. The van der Waals surface area contributed by atoms with Gasteiger partial charge in [-0.05, 0) is 25.9 Å². The van der Waals surface area contributed by atoms with Crippen LogP contribution >= 0.6 is 11.6 Å². The Hall–Kier alpha value is -2.37. The maximum atomic E-state index is 13.2. The van der Waals surface area contributed by atoms with Gasteiger partial charge in [-0.15, -0.1) is 0 Å². The molecule has 0 bridgehead atoms. The Morgan fingerprint density at radius 1 is 1.07 bits per heavy atom. The second-order valence-electron chi connectivity index (χ2n) is 4.93. The number of aromatic nitrogens is 4. The van der Waals surface area contributed by atoms with Gasteiger partial charge >= 0.3 is 12.4 Å². The number of anilines is 2. The van der Waals surface area contributed by atoms with Crippen molar-refractivity contribution >= 4 is 23.5 Å². The molecule has 2 aromatic rings. The molecule has 13 heteroatoms. The molecular weight excluding hydrogens is 402 g/mol. The number of hydrogen-bond donors (Lipinski definition) is 2. The van der Waals surface area contributed by atoms with Crippen molar-refractivity contribution < 1.29 is 33.2 Å². The fourth-order valence-electron chi connectivity index (χ4n) is 1.53. The van der Waals surface area contributed by atoms with Gasteiger partial charge in [0, 0.05) is 4.11 Å². The average Bonchev–Trinajstić information content (AvgIpc) is 2.58. The van der Waals surface area contributed by atoms with E-state index in [0.29, 0.717) is 6.92 Å². The van der Waals surface area contributed by atoms with Crippen LogP contribution < -0.4 is 10.6 Å². The van der Waals surface area contributed by atoms with E-state index in [2.05, 4.69) is 19.9 Å². The van der Waals surface area contributed by atoms with E-state index in [-0.39, 0.29) is 5.15 Å². The Kier molecular flexibility index (Phi) is 4.18. The molecule has 0 saturated carbocycles. The summed E-state index contributed by atoms with van der Waals surface area (Å²) in [6.07, 6.45) is -10.5. The van der Waals surface area contributed by atoms with E-state index in [1.54, 1.807) is 5.32 Å². The first-order valence-electron chi connectivity index (χ1n) is 9.39. The zero-order valence-electron chi connectivity index (χ0n) is 18.2. The molecule has 2 aromatic heterocycles. The largest absolute Gasteiger partial charge is 0.408 e. The molecule has 2 heterocycles.